The summed E-state index contributed by atoms with van der Waals surface area (Å²) in [6, 6.07) is 14.5. The summed E-state index contributed by atoms with van der Waals surface area (Å²) in [6.07, 6.45) is 0. The van der Waals surface area contributed by atoms with Crippen LogP contribution in [0, 0.1) is 0 Å². The highest BCUT2D eigenvalue weighted by atomic mass is 79.9. The van der Waals surface area contributed by atoms with Crippen LogP contribution in [0.3, 0.4) is 0 Å². The predicted octanol–water partition coefficient (Wildman–Crippen LogP) is 6.01. The smallest absolute Gasteiger partial charge is 0.0502 e. The van der Waals surface area contributed by atoms with Gasteiger partial charge in [-0.05, 0) is 50.7 Å². The van der Waals surface area contributed by atoms with Crippen molar-refractivity contribution >= 4 is 33.2 Å². The molecule has 0 atom stereocenters. The number of halogens is 2. The quantitative estimate of drug-likeness (QED) is 0.713. The predicted molar refractivity (Wildman–Crippen MR) is 91.6 cm³/mol. The van der Waals surface area contributed by atoms with E-state index in [4.69, 9.17) is 11.6 Å². The van der Waals surface area contributed by atoms with Gasteiger partial charge in [-0.2, -0.15) is 0 Å². The molecule has 0 aliphatic heterocycles. The van der Waals surface area contributed by atoms with Crippen LogP contribution < -0.4 is 5.32 Å². The number of rotatable bonds is 3. The molecule has 2 rings (SSSR count). The molecule has 2 aromatic rings. The van der Waals surface area contributed by atoms with Gasteiger partial charge in [-0.15, -0.1) is 0 Å². The third kappa shape index (κ3) is 4.00. The van der Waals surface area contributed by atoms with Crippen molar-refractivity contribution in [1.29, 1.82) is 0 Å². The second kappa shape index (κ2) is 6.19. The Morgan fingerprint density at radius 3 is 2.30 bits per heavy atom. The minimum Gasteiger partial charge on any atom is -0.380 e. The molecule has 1 N–H and O–H groups in total. The zero-order valence-corrected chi connectivity index (χ0v) is 14.3. The van der Waals surface area contributed by atoms with Gasteiger partial charge in [-0.3, -0.25) is 0 Å². The maximum Gasteiger partial charge on any atom is 0.0502 e. The standard InChI is InChI=1S/C17H19BrClN/c1-17(2,3)13-6-4-12(5-7-13)11-20-16-10-14(19)8-9-15(16)18/h4-10,20H,11H2,1-3H3. The van der Waals surface area contributed by atoms with Gasteiger partial charge in [0.15, 0.2) is 0 Å². The maximum atomic E-state index is 6.01. The summed E-state index contributed by atoms with van der Waals surface area (Å²) in [6.45, 7) is 7.46. The third-order valence-corrected chi connectivity index (χ3v) is 4.16. The van der Waals surface area contributed by atoms with Crippen LogP contribution >= 0.6 is 27.5 Å². The molecule has 0 unspecified atom stereocenters. The Morgan fingerprint density at radius 1 is 1.05 bits per heavy atom. The van der Waals surface area contributed by atoms with E-state index in [1.807, 2.05) is 18.2 Å². The van der Waals surface area contributed by atoms with Gasteiger partial charge in [-0.1, -0.05) is 56.6 Å². The fourth-order valence-corrected chi connectivity index (χ4v) is 2.51. The van der Waals surface area contributed by atoms with Crippen LogP contribution in [-0.4, -0.2) is 0 Å². The minimum atomic E-state index is 0.196. The van der Waals surface area contributed by atoms with E-state index in [1.54, 1.807) is 0 Å². The lowest BCUT2D eigenvalue weighted by Gasteiger charge is -2.19. The monoisotopic (exact) mass is 351 g/mol. The summed E-state index contributed by atoms with van der Waals surface area (Å²) < 4.78 is 1.02. The first-order valence-corrected chi connectivity index (χ1v) is 7.82. The molecule has 3 heteroatoms. The van der Waals surface area contributed by atoms with Crippen molar-refractivity contribution < 1.29 is 0 Å². The van der Waals surface area contributed by atoms with Crippen molar-refractivity contribution in [1.82, 2.24) is 0 Å². The van der Waals surface area contributed by atoms with Crippen LogP contribution in [0.1, 0.15) is 31.9 Å². The Labute approximate surface area is 134 Å². The normalized spacial score (nSPS) is 11.4. The molecule has 0 aromatic heterocycles. The van der Waals surface area contributed by atoms with Crippen molar-refractivity contribution in [3.8, 4) is 0 Å². The Bertz CT molecular complexity index is 585. The van der Waals surface area contributed by atoms with E-state index < -0.39 is 0 Å². The van der Waals surface area contributed by atoms with E-state index >= 15 is 0 Å². The molecule has 0 radical (unpaired) electrons. The van der Waals surface area contributed by atoms with Crippen molar-refractivity contribution in [2.45, 2.75) is 32.7 Å². The average Bonchev–Trinajstić information content (AvgIpc) is 2.39. The van der Waals surface area contributed by atoms with Crippen LogP contribution in [-0.2, 0) is 12.0 Å². The zero-order chi connectivity index (χ0) is 14.8. The second-order valence-corrected chi connectivity index (χ2v) is 7.22. The fourth-order valence-electron chi connectivity index (χ4n) is 1.95. The van der Waals surface area contributed by atoms with Crippen LogP contribution in [0.25, 0.3) is 0 Å². The van der Waals surface area contributed by atoms with Gasteiger partial charge in [0.25, 0.3) is 0 Å². The number of benzene rings is 2. The minimum absolute atomic E-state index is 0.196. The summed E-state index contributed by atoms with van der Waals surface area (Å²) >= 11 is 9.53. The summed E-state index contributed by atoms with van der Waals surface area (Å²) in [5.74, 6) is 0. The first-order valence-electron chi connectivity index (χ1n) is 6.64. The van der Waals surface area contributed by atoms with Gasteiger partial charge >= 0.3 is 0 Å². The van der Waals surface area contributed by atoms with Crippen LogP contribution in [0.2, 0.25) is 5.02 Å². The Hall–Kier alpha value is -0.990. The Kier molecular flexibility index (Phi) is 4.77. The molecule has 2 aromatic carbocycles. The largest absolute Gasteiger partial charge is 0.380 e. The molecule has 0 aliphatic carbocycles. The lowest BCUT2D eigenvalue weighted by molar-refractivity contribution is 0.590. The molecule has 0 amide bonds. The van der Waals surface area contributed by atoms with Crippen molar-refractivity contribution in [3.63, 3.8) is 0 Å². The molecule has 106 valence electrons. The van der Waals surface area contributed by atoms with E-state index in [0.29, 0.717) is 0 Å². The van der Waals surface area contributed by atoms with Gasteiger partial charge in [0, 0.05) is 16.0 Å². The molecule has 0 saturated carbocycles. The first kappa shape index (κ1) is 15.4. The molecule has 1 nitrogen and oxygen atoms in total. The molecule has 0 fully saturated rings. The molecular weight excluding hydrogens is 334 g/mol. The summed E-state index contributed by atoms with van der Waals surface area (Å²) in [4.78, 5) is 0. The molecule has 0 saturated heterocycles. The summed E-state index contributed by atoms with van der Waals surface area (Å²) in [7, 11) is 0. The highest BCUT2D eigenvalue weighted by Gasteiger charge is 2.12. The Morgan fingerprint density at radius 2 is 1.70 bits per heavy atom. The molecule has 0 heterocycles. The molecule has 0 spiro atoms. The van der Waals surface area contributed by atoms with E-state index in [-0.39, 0.29) is 5.41 Å². The lowest BCUT2D eigenvalue weighted by atomic mass is 9.87. The zero-order valence-electron chi connectivity index (χ0n) is 12.0. The van der Waals surface area contributed by atoms with Crippen LogP contribution in [0.15, 0.2) is 46.9 Å². The number of anilines is 1. The summed E-state index contributed by atoms with van der Waals surface area (Å²) in [5, 5.41) is 4.13. The van der Waals surface area contributed by atoms with Gasteiger partial charge in [0.05, 0.1) is 5.69 Å². The number of hydrogen-bond acceptors (Lipinski definition) is 1. The highest BCUT2D eigenvalue weighted by Crippen LogP contribution is 2.27. The lowest BCUT2D eigenvalue weighted by Crippen LogP contribution is -2.11. The molecular formula is C17H19BrClN. The highest BCUT2D eigenvalue weighted by molar-refractivity contribution is 9.10. The number of hydrogen-bond donors (Lipinski definition) is 1. The summed E-state index contributed by atoms with van der Waals surface area (Å²) in [5.41, 5.74) is 3.81. The average molecular weight is 353 g/mol. The van der Waals surface area contributed by atoms with E-state index in [1.165, 1.54) is 11.1 Å². The van der Waals surface area contributed by atoms with Gasteiger partial charge in [-0.25, -0.2) is 0 Å². The van der Waals surface area contributed by atoms with E-state index in [9.17, 15) is 0 Å². The van der Waals surface area contributed by atoms with Gasteiger partial charge < -0.3 is 5.32 Å². The van der Waals surface area contributed by atoms with Crippen LogP contribution in [0.4, 0.5) is 5.69 Å². The Balaban J connectivity index is 2.06. The number of nitrogens with one attached hydrogen (secondary N) is 1. The van der Waals surface area contributed by atoms with Crippen molar-refractivity contribution in [3.05, 3.63) is 63.1 Å². The van der Waals surface area contributed by atoms with Crippen LogP contribution in [0.5, 0.6) is 0 Å². The van der Waals surface area contributed by atoms with Gasteiger partial charge in [0.1, 0.15) is 0 Å². The molecule has 0 aliphatic rings. The van der Waals surface area contributed by atoms with Crippen molar-refractivity contribution in [2.24, 2.45) is 0 Å². The first-order chi connectivity index (χ1) is 9.36. The molecule has 0 bridgehead atoms. The second-order valence-electron chi connectivity index (χ2n) is 5.92. The van der Waals surface area contributed by atoms with Crippen molar-refractivity contribution in [2.75, 3.05) is 5.32 Å². The van der Waals surface area contributed by atoms with Gasteiger partial charge in [0.2, 0.25) is 0 Å². The third-order valence-electron chi connectivity index (χ3n) is 3.23. The topological polar surface area (TPSA) is 12.0 Å². The van der Waals surface area contributed by atoms with E-state index in [0.717, 1.165) is 21.7 Å². The molecule has 20 heavy (non-hydrogen) atoms. The maximum absolute atomic E-state index is 6.01. The van der Waals surface area contributed by atoms with E-state index in [2.05, 4.69) is 66.3 Å². The fraction of sp³-hybridized carbons (Fsp3) is 0.294. The SMILES string of the molecule is CC(C)(C)c1ccc(CNc2cc(Cl)ccc2Br)cc1.